The predicted octanol–water partition coefficient (Wildman–Crippen LogP) is 2.54. The lowest BCUT2D eigenvalue weighted by Gasteiger charge is -2.12. The Morgan fingerprint density at radius 3 is 2.54 bits per heavy atom. The molecule has 0 saturated heterocycles. The maximum absolute atomic E-state index is 12.4. The first-order chi connectivity index (χ1) is 12.5. The lowest BCUT2D eigenvalue weighted by atomic mass is 10.2. The minimum atomic E-state index is -3.99. The van der Waals surface area contributed by atoms with Gasteiger partial charge in [0.05, 0.1) is 19.9 Å². The number of hydrogen-bond acceptors (Lipinski definition) is 7. The minimum absolute atomic E-state index is 0.0374. The Kier molecular flexibility index (Phi) is 6.56. The fourth-order valence-corrected chi connectivity index (χ4v) is 2.86. The van der Waals surface area contributed by atoms with E-state index in [1.165, 1.54) is 31.5 Å². The quantitative estimate of drug-likeness (QED) is 0.451. The summed E-state index contributed by atoms with van der Waals surface area (Å²) in [5.74, 6) is 0.280. The smallest absolute Gasteiger partial charge is 0.427 e. The molecule has 9 heteroatoms. The highest BCUT2D eigenvalue weighted by molar-refractivity contribution is 7.87. The molecule has 2 aromatic rings. The first-order valence-corrected chi connectivity index (χ1v) is 9.00. The lowest BCUT2D eigenvalue weighted by molar-refractivity contribution is 0.171. The van der Waals surface area contributed by atoms with Gasteiger partial charge in [0.25, 0.3) is 0 Å². The molecular formula is C17H18N2O6S. The van der Waals surface area contributed by atoms with Crippen molar-refractivity contribution in [3.63, 3.8) is 0 Å². The zero-order chi connectivity index (χ0) is 19.0. The van der Waals surface area contributed by atoms with Gasteiger partial charge in [-0.2, -0.15) is 13.5 Å². The second-order valence-corrected chi connectivity index (χ2v) is 6.40. The van der Waals surface area contributed by atoms with E-state index in [1.54, 1.807) is 37.3 Å². The maximum Gasteiger partial charge on any atom is 0.427 e. The van der Waals surface area contributed by atoms with Crippen molar-refractivity contribution in [2.75, 3.05) is 13.7 Å². The summed E-state index contributed by atoms with van der Waals surface area (Å²) >= 11 is 0. The number of nitrogens with one attached hydrogen (secondary N) is 1. The van der Waals surface area contributed by atoms with Crippen LogP contribution in [0.2, 0.25) is 0 Å². The van der Waals surface area contributed by atoms with Crippen molar-refractivity contribution in [2.24, 2.45) is 5.10 Å². The van der Waals surface area contributed by atoms with Crippen LogP contribution in [0.15, 0.2) is 58.5 Å². The Bertz CT molecular complexity index is 881. The van der Waals surface area contributed by atoms with Crippen LogP contribution in [0.1, 0.15) is 12.5 Å². The van der Waals surface area contributed by atoms with Crippen LogP contribution < -0.4 is 14.3 Å². The van der Waals surface area contributed by atoms with Crippen molar-refractivity contribution < 1.29 is 26.9 Å². The van der Waals surface area contributed by atoms with Crippen LogP contribution in [0.25, 0.3) is 0 Å². The average molecular weight is 378 g/mol. The fraction of sp³-hybridized carbons (Fsp3) is 0.176. The highest BCUT2D eigenvalue weighted by Crippen LogP contribution is 2.30. The normalized spacial score (nSPS) is 11.2. The SMILES string of the molecule is CCOc1cc(/C=N\NC(=O)OC)ccc1OS(=O)(=O)c1ccccc1. The van der Waals surface area contributed by atoms with Crippen LogP contribution in [0.3, 0.4) is 0 Å². The lowest BCUT2D eigenvalue weighted by Crippen LogP contribution is -2.16. The molecule has 0 unspecified atom stereocenters. The molecule has 1 N–H and O–H groups in total. The zero-order valence-corrected chi connectivity index (χ0v) is 15.0. The van der Waals surface area contributed by atoms with Crippen LogP contribution in [0.4, 0.5) is 4.79 Å². The van der Waals surface area contributed by atoms with Gasteiger partial charge in [-0.3, -0.25) is 0 Å². The molecule has 2 rings (SSSR count). The number of nitrogens with zero attached hydrogens (tertiary/aromatic N) is 1. The van der Waals surface area contributed by atoms with E-state index in [4.69, 9.17) is 8.92 Å². The van der Waals surface area contributed by atoms with E-state index in [-0.39, 0.29) is 16.4 Å². The van der Waals surface area contributed by atoms with Gasteiger partial charge in [0.2, 0.25) is 0 Å². The van der Waals surface area contributed by atoms with Crippen molar-refractivity contribution in [1.29, 1.82) is 0 Å². The molecule has 0 radical (unpaired) electrons. The summed E-state index contributed by atoms with van der Waals surface area (Å²) in [5.41, 5.74) is 2.71. The molecule has 0 heterocycles. The molecule has 26 heavy (non-hydrogen) atoms. The number of carbonyl (C=O) groups excluding carboxylic acids is 1. The third-order valence-corrected chi connectivity index (χ3v) is 4.30. The summed E-state index contributed by atoms with van der Waals surface area (Å²) in [7, 11) is -2.77. The monoisotopic (exact) mass is 378 g/mol. The van der Waals surface area contributed by atoms with Gasteiger partial charge in [0.1, 0.15) is 4.90 Å². The topological polar surface area (TPSA) is 103 Å². The molecule has 1 amide bonds. The first kappa shape index (κ1) is 19.3. The number of carbonyl (C=O) groups is 1. The number of methoxy groups -OCH3 is 1. The van der Waals surface area contributed by atoms with Gasteiger partial charge < -0.3 is 13.7 Å². The zero-order valence-electron chi connectivity index (χ0n) is 14.2. The van der Waals surface area contributed by atoms with Gasteiger partial charge in [0, 0.05) is 0 Å². The summed E-state index contributed by atoms with van der Waals surface area (Å²) < 4.78 is 39.8. The minimum Gasteiger partial charge on any atom is -0.490 e. The number of ether oxygens (including phenoxy) is 2. The van der Waals surface area contributed by atoms with Crippen LogP contribution >= 0.6 is 0 Å². The molecule has 2 aromatic carbocycles. The van der Waals surface area contributed by atoms with Crippen LogP contribution in [-0.2, 0) is 14.9 Å². The number of benzene rings is 2. The van der Waals surface area contributed by atoms with Gasteiger partial charge in [-0.25, -0.2) is 10.2 Å². The van der Waals surface area contributed by atoms with Crippen LogP contribution in [0, 0.1) is 0 Å². The van der Waals surface area contributed by atoms with Crippen molar-refractivity contribution in [1.82, 2.24) is 5.43 Å². The largest absolute Gasteiger partial charge is 0.490 e. The van der Waals surface area contributed by atoms with E-state index in [2.05, 4.69) is 15.3 Å². The van der Waals surface area contributed by atoms with E-state index in [9.17, 15) is 13.2 Å². The second kappa shape index (κ2) is 8.86. The highest BCUT2D eigenvalue weighted by atomic mass is 32.2. The van der Waals surface area contributed by atoms with Gasteiger partial charge in [0.15, 0.2) is 11.5 Å². The Morgan fingerprint density at radius 2 is 1.88 bits per heavy atom. The molecule has 0 aliphatic heterocycles. The molecule has 0 fully saturated rings. The van der Waals surface area contributed by atoms with E-state index in [0.29, 0.717) is 12.2 Å². The van der Waals surface area contributed by atoms with Crippen molar-refractivity contribution >= 4 is 22.4 Å². The molecule has 0 aliphatic carbocycles. The maximum atomic E-state index is 12.4. The Morgan fingerprint density at radius 1 is 1.15 bits per heavy atom. The molecule has 0 saturated carbocycles. The number of hydrogen-bond donors (Lipinski definition) is 1. The standard InChI is InChI=1S/C17H18N2O6S/c1-3-24-16-11-13(12-18-19-17(20)23-2)9-10-15(16)25-26(21,22)14-7-5-4-6-8-14/h4-12H,3H2,1-2H3,(H,19,20)/b18-12-. The summed E-state index contributed by atoms with van der Waals surface area (Å²) in [6, 6.07) is 12.4. The van der Waals surface area contributed by atoms with Crippen LogP contribution in [-0.4, -0.2) is 34.4 Å². The van der Waals surface area contributed by atoms with Gasteiger partial charge >= 0.3 is 16.2 Å². The summed E-state index contributed by atoms with van der Waals surface area (Å²) in [6.07, 6.45) is 0.648. The van der Waals surface area contributed by atoms with Crippen molar-refractivity contribution in [2.45, 2.75) is 11.8 Å². The van der Waals surface area contributed by atoms with E-state index >= 15 is 0 Å². The molecular weight excluding hydrogens is 360 g/mol. The number of rotatable bonds is 7. The molecule has 0 spiro atoms. The van der Waals surface area contributed by atoms with E-state index in [1.807, 2.05) is 0 Å². The molecule has 0 aromatic heterocycles. The summed E-state index contributed by atoms with van der Waals surface area (Å²) in [5, 5.41) is 3.70. The fourth-order valence-electron chi connectivity index (χ4n) is 1.90. The summed E-state index contributed by atoms with van der Waals surface area (Å²) in [6.45, 7) is 2.07. The van der Waals surface area contributed by atoms with Gasteiger partial charge in [-0.1, -0.05) is 18.2 Å². The van der Waals surface area contributed by atoms with Crippen molar-refractivity contribution in [3.8, 4) is 11.5 Å². The number of hydrazone groups is 1. The molecule has 8 nitrogen and oxygen atoms in total. The number of amides is 1. The van der Waals surface area contributed by atoms with Crippen LogP contribution in [0.5, 0.6) is 11.5 Å². The molecule has 138 valence electrons. The van der Waals surface area contributed by atoms with E-state index < -0.39 is 16.2 Å². The molecule has 0 atom stereocenters. The van der Waals surface area contributed by atoms with E-state index in [0.717, 1.165) is 0 Å². The second-order valence-electron chi connectivity index (χ2n) is 4.85. The highest BCUT2D eigenvalue weighted by Gasteiger charge is 2.19. The van der Waals surface area contributed by atoms with Gasteiger partial charge in [-0.05, 0) is 42.8 Å². The Balaban J connectivity index is 2.24. The Labute approximate surface area is 151 Å². The van der Waals surface area contributed by atoms with Crippen molar-refractivity contribution in [3.05, 3.63) is 54.1 Å². The van der Waals surface area contributed by atoms with Gasteiger partial charge in [-0.15, -0.1) is 0 Å². The Hall–Kier alpha value is -3.07. The third-order valence-electron chi connectivity index (χ3n) is 3.05. The molecule has 0 aliphatic rings. The molecule has 0 bridgehead atoms. The average Bonchev–Trinajstić information content (AvgIpc) is 2.64. The predicted molar refractivity (Wildman–Crippen MR) is 95.0 cm³/mol. The third kappa shape index (κ3) is 5.21. The summed E-state index contributed by atoms with van der Waals surface area (Å²) in [4.78, 5) is 11.0. The first-order valence-electron chi connectivity index (χ1n) is 7.59.